The number of carboxylic acid groups (broad SMARTS) is 1. The average molecular weight is 317 g/mol. The molecule has 4 aliphatic heterocycles. The topological polar surface area (TPSA) is 79.5 Å². The Bertz CT molecular complexity index is 564. The van der Waals surface area contributed by atoms with Gasteiger partial charge in [0.1, 0.15) is 0 Å². The molecule has 0 spiro atoms. The number of carbonyl (C=O) groups is 1. The van der Waals surface area contributed by atoms with E-state index < -0.39 is 5.97 Å². The van der Waals surface area contributed by atoms with E-state index in [1.54, 1.807) is 0 Å². The fraction of sp³-hybridized carbons (Fsp3) is 0.667. The van der Waals surface area contributed by atoms with Crippen molar-refractivity contribution in [1.29, 1.82) is 5.26 Å². The van der Waals surface area contributed by atoms with Crippen molar-refractivity contribution < 1.29 is 19.4 Å². The van der Waals surface area contributed by atoms with Crippen molar-refractivity contribution in [2.24, 2.45) is 23.7 Å². The number of ether oxygens (including phenoxy) is 2. The first-order valence-corrected chi connectivity index (χ1v) is 8.27. The Morgan fingerprint density at radius 3 is 1.87 bits per heavy atom. The second kappa shape index (κ2) is 6.46. The summed E-state index contributed by atoms with van der Waals surface area (Å²) in [5.41, 5.74) is 0. The Morgan fingerprint density at radius 2 is 1.48 bits per heavy atom. The second-order valence-corrected chi connectivity index (χ2v) is 6.91. The van der Waals surface area contributed by atoms with Gasteiger partial charge in [-0.25, -0.2) is 0 Å². The summed E-state index contributed by atoms with van der Waals surface area (Å²) in [6.45, 7) is 4.22. The molecule has 5 nitrogen and oxygen atoms in total. The molecule has 1 N–H and O–H groups in total. The van der Waals surface area contributed by atoms with Crippen LogP contribution in [0.4, 0.5) is 0 Å². The molecule has 23 heavy (non-hydrogen) atoms. The van der Waals surface area contributed by atoms with E-state index in [2.05, 4.69) is 32.1 Å². The fourth-order valence-electron chi connectivity index (χ4n) is 4.06. The summed E-state index contributed by atoms with van der Waals surface area (Å²) < 4.78 is 11.1. The van der Waals surface area contributed by atoms with Gasteiger partial charge in [-0.15, -0.1) is 0 Å². The molecule has 4 bridgehead atoms. The van der Waals surface area contributed by atoms with Crippen molar-refractivity contribution in [3.8, 4) is 6.07 Å². The van der Waals surface area contributed by atoms with Gasteiger partial charge in [0.25, 0.3) is 0 Å². The first kappa shape index (κ1) is 16.2. The molecule has 124 valence electrons. The lowest BCUT2D eigenvalue weighted by molar-refractivity contribution is -0.138. The molecule has 0 saturated carbocycles. The van der Waals surface area contributed by atoms with E-state index >= 15 is 0 Å². The van der Waals surface area contributed by atoms with Crippen molar-refractivity contribution in [1.82, 2.24) is 0 Å². The van der Waals surface area contributed by atoms with Crippen LogP contribution in [0.3, 0.4) is 0 Å². The number of fused-ring (bicyclic) bond motifs is 4. The lowest BCUT2D eigenvalue weighted by atomic mass is 9.82. The van der Waals surface area contributed by atoms with Crippen molar-refractivity contribution >= 4 is 5.97 Å². The number of nitriles is 1. The van der Waals surface area contributed by atoms with Crippen LogP contribution in [0.15, 0.2) is 24.3 Å². The maximum atomic E-state index is 10.5. The van der Waals surface area contributed by atoms with Crippen LogP contribution in [0.5, 0.6) is 0 Å². The molecule has 5 heteroatoms. The molecule has 0 aliphatic carbocycles. The van der Waals surface area contributed by atoms with Crippen LogP contribution in [0.1, 0.15) is 26.7 Å². The van der Waals surface area contributed by atoms with E-state index in [9.17, 15) is 4.79 Å². The highest BCUT2D eigenvalue weighted by molar-refractivity contribution is 5.67. The molecule has 0 unspecified atom stereocenters. The molecule has 2 saturated heterocycles. The number of carboxylic acids is 1. The summed E-state index contributed by atoms with van der Waals surface area (Å²) in [7, 11) is 0. The molecule has 0 amide bonds. The normalized spacial score (nSPS) is 44.9. The molecular weight excluding hydrogens is 294 g/mol. The average Bonchev–Trinajstić information content (AvgIpc) is 3.25. The van der Waals surface area contributed by atoms with E-state index in [4.69, 9.17) is 19.8 Å². The van der Waals surface area contributed by atoms with Crippen molar-refractivity contribution in [3.05, 3.63) is 24.3 Å². The van der Waals surface area contributed by atoms with Crippen LogP contribution in [-0.4, -0.2) is 35.5 Å². The minimum Gasteiger partial charge on any atom is -0.481 e. The predicted molar refractivity (Wildman–Crippen MR) is 83.4 cm³/mol. The van der Waals surface area contributed by atoms with Crippen molar-refractivity contribution in [2.75, 3.05) is 0 Å². The van der Waals surface area contributed by atoms with Crippen molar-refractivity contribution in [2.45, 2.75) is 51.1 Å². The van der Waals surface area contributed by atoms with Crippen LogP contribution in [-0.2, 0) is 14.3 Å². The van der Waals surface area contributed by atoms with Crippen LogP contribution in [0, 0.1) is 35.0 Å². The van der Waals surface area contributed by atoms with Gasteiger partial charge in [0.2, 0.25) is 0 Å². The number of hydrogen-bond acceptors (Lipinski definition) is 4. The smallest absolute Gasteiger partial charge is 0.303 e. The standard InChI is InChI=1S/C9H11NO.C9H12O3/c1-6-7(4-5-10)9-3-2-8(6)11-9;1-5-6(4-9(10)11)8-3-2-7(5)12-8/h2-3,6-9H,4H2,1H3;2-3,5-8H,4H2,1H3,(H,10,11)/t6-,7+,8+,9-;5-,6+,7+,8-/m00/s1. The van der Waals surface area contributed by atoms with Crippen LogP contribution in [0.25, 0.3) is 0 Å². The molecule has 2 fully saturated rings. The molecule has 0 aromatic carbocycles. The Hall–Kier alpha value is -1.64. The lowest BCUT2D eigenvalue weighted by Gasteiger charge is -2.19. The number of hydrogen-bond donors (Lipinski definition) is 1. The Morgan fingerprint density at radius 1 is 1.00 bits per heavy atom. The zero-order valence-corrected chi connectivity index (χ0v) is 13.5. The van der Waals surface area contributed by atoms with Gasteiger partial charge in [0.15, 0.2) is 0 Å². The second-order valence-electron chi connectivity index (χ2n) is 6.91. The zero-order valence-electron chi connectivity index (χ0n) is 13.5. The first-order valence-electron chi connectivity index (χ1n) is 8.27. The highest BCUT2D eigenvalue weighted by atomic mass is 16.5. The maximum Gasteiger partial charge on any atom is 0.303 e. The summed E-state index contributed by atoms with van der Waals surface area (Å²) in [5, 5.41) is 17.2. The highest BCUT2D eigenvalue weighted by Gasteiger charge is 2.44. The first-order chi connectivity index (χ1) is 11.0. The van der Waals surface area contributed by atoms with Crippen LogP contribution in [0.2, 0.25) is 0 Å². The molecule has 4 rings (SSSR count). The van der Waals surface area contributed by atoms with Gasteiger partial charge in [0.05, 0.1) is 36.9 Å². The Labute approximate surface area is 136 Å². The summed E-state index contributed by atoms with van der Waals surface area (Å²) in [6, 6.07) is 2.21. The summed E-state index contributed by atoms with van der Waals surface area (Å²) in [4.78, 5) is 10.5. The van der Waals surface area contributed by atoms with Crippen LogP contribution >= 0.6 is 0 Å². The van der Waals surface area contributed by atoms with Gasteiger partial charge >= 0.3 is 5.97 Å². The van der Waals surface area contributed by atoms with E-state index in [1.807, 2.05) is 12.2 Å². The molecule has 8 atom stereocenters. The largest absolute Gasteiger partial charge is 0.481 e. The third-order valence-corrected chi connectivity index (χ3v) is 5.58. The summed E-state index contributed by atoms with van der Waals surface area (Å²) in [6.07, 6.45) is 9.83. The van der Waals surface area contributed by atoms with Gasteiger partial charge in [-0.05, 0) is 11.8 Å². The molecule has 0 aromatic rings. The van der Waals surface area contributed by atoms with E-state index in [0.717, 1.165) is 0 Å². The van der Waals surface area contributed by atoms with E-state index in [0.29, 0.717) is 30.3 Å². The Balaban J connectivity index is 0.000000136. The zero-order chi connectivity index (χ0) is 16.6. The molecule has 0 radical (unpaired) electrons. The number of nitrogens with zero attached hydrogens (tertiary/aromatic N) is 1. The van der Waals surface area contributed by atoms with Gasteiger partial charge in [-0.3, -0.25) is 4.79 Å². The van der Waals surface area contributed by atoms with Gasteiger partial charge in [-0.2, -0.15) is 5.26 Å². The van der Waals surface area contributed by atoms with Crippen LogP contribution < -0.4 is 0 Å². The monoisotopic (exact) mass is 317 g/mol. The quantitative estimate of drug-likeness (QED) is 0.809. The third-order valence-electron chi connectivity index (χ3n) is 5.58. The van der Waals surface area contributed by atoms with Gasteiger partial charge in [-0.1, -0.05) is 38.2 Å². The highest BCUT2D eigenvalue weighted by Crippen LogP contribution is 2.41. The minimum absolute atomic E-state index is 0.0566. The van der Waals surface area contributed by atoms with E-state index in [-0.39, 0.29) is 30.7 Å². The number of aliphatic carboxylic acids is 1. The predicted octanol–water partition coefficient (Wildman–Crippen LogP) is 2.54. The molecule has 4 aliphatic rings. The fourth-order valence-corrected chi connectivity index (χ4v) is 4.06. The molecular formula is C18H23NO4. The van der Waals surface area contributed by atoms with Crippen molar-refractivity contribution in [3.63, 3.8) is 0 Å². The van der Waals surface area contributed by atoms with Gasteiger partial charge in [0, 0.05) is 18.3 Å². The summed E-state index contributed by atoms with van der Waals surface area (Å²) >= 11 is 0. The molecule has 0 aromatic heterocycles. The summed E-state index contributed by atoms with van der Waals surface area (Å²) in [5.74, 6) is 0.782. The lowest BCUT2D eigenvalue weighted by Crippen LogP contribution is -2.24. The van der Waals surface area contributed by atoms with Gasteiger partial charge < -0.3 is 14.6 Å². The maximum absolute atomic E-state index is 10.5. The van der Waals surface area contributed by atoms with E-state index in [1.165, 1.54) is 0 Å². The third kappa shape index (κ3) is 3.06. The Kier molecular flexibility index (Phi) is 4.56. The SMILES string of the molecule is C[C@H]1[C@@H](CC#N)[C@@H]2C=C[C@H]1O2.C[C@H]1[C@@H](CC(=O)O)[C@@H]2C=C[C@H]1O2. The number of rotatable bonds is 3. The minimum atomic E-state index is -0.726. The molecule has 4 heterocycles.